The van der Waals surface area contributed by atoms with Gasteiger partial charge in [-0.25, -0.2) is 0 Å². The van der Waals surface area contributed by atoms with E-state index in [1.54, 1.807) is 24.3 Å². The molecule has 0 radical (unpaired) electrons. The Labute approximate surface area is 117 Å². The first-order valence-corrected chi connectivity index (χ1v) is 2.39. The summed E-state index contributed by atoms with van der Waals surface area (Å²) in [5.41, 5.74) is 0. The molecule has 0 saturated carbocycles. The van der Waals surface area contributed by atoms with Gasteiger partial charge in [-0.15, -0.1) is 11.6 Å². The fraction of sp³-hybridized carbons (Fsp3) is 0. The van der Waals surface area contributed by atoms with Gasteiger partial charge in [0, 0.05) is 0 Å². The monoisotopic (exact) mass is 256 g/mol. The first-order valence-electron chi connectivity index (χ1n) is 2.01. The second kappa shape index (κ2) is 14.2. The van der Waals surface area contributed by atoms with Gasteiger partial charge in [0.25, 0.3) is 0 Å². The molecule has 52 valence electrons. The van der Waals surface area contributed by atoms with Crippen LogP contribution in [0, 0.1) is 6.07 Å². The van der Waals surface area contributed by atoms with Gasteiger partial charge in [0.05, 0.1) is 0 Å². The Kier molecular flexibility index (Phi) is 29.6. The summed E-state index contributed by atoms with van der Waals surface area (Å²) in [6.07, 6.45) is 0. The molecule has 1 aromatic rings. The van der Waals surface area contributed by atoms with Crippen molar-refractivity contribution < 1.29 is 48.2 Å². The van der Waals surface area contributed by atoms with Gasteiger partial charge in [0.15, 0.2) is 0 Å². The molecule has 0 bridgehead atoms. The fourth-order valence-corrected chi connectivity index (χ4v) is 0.493. The first kappa shape index (κ1) is 22.9. The molecule has 0 aliphatic carbocycles. The van der Waals surface area contributed by atoms with Crippen LogP contribution in [0.5, 0.6) is 0 Å². The van der Waals surface area contributed by atoms with Crippen LogP contribution in [0.15, 0.2) is 24.3 Å². The van der Waals surface area contributed by atoms with E-state index in [0.717, 1.165) is 5.02 Å². The van der Waals surface area contributed by atoms with Gasteiger partial charge >= 0.3 is 41.9 Å². The zero-order valence-electron chi connectivity index (χ0n) is 6.15. The molecule has 0 fully saturated rings. The Morgan fingerprint density at radius 1 is 1.18 bits per heavy atom. The van der Waals surface area contributed by atoms with Crippen LogP contribution < -0.4 is 48.2 Å². The average molecular weight is 258 g/mol. The fourth-order valence-electron chi connectivity index (χ4n) is 0.367. The molecule has 0 amide bonds. The van der Waals surface area contributed by atoms with Crippen LogP contribution in [0.3, 0.4) is 0 Å². The van der Waals surface area contributed by atoms with Crippen LogP contribution in [-0.2, 0) is 0 Å². The van der Waals surface area contributed by atoms with Gasteiger partial charge in [-0.1, -0.05) is 5.02 Å². The first-order chi connectivity index (χ1) is 3.39. The molecule has 0 atom stereocenters. The van der Waals surface area contributed by atoms with Gasteiger partial charge in [-0.05, 0) is 0 Å². The molecule has 11 heavy (non-hydrogen) atoms. The van der Waals surface area contributed by atoms with Gasteiger partial charge < -0.3 is 29.4 Å². The summed E-state index contributed by atoms with van der Waals surface area (Å²) in [6, 6.07) is 10.00. The van der Waals surface area contributed by atoms with E-state index in [4.69, 9.17) is 11.6 Å². The molecule has 0 saturated heterocycles. The van der Waals surface area contributed by atoms with Crippen molar-refractivity contribution >= 4 is 34.7 Å². The van der Waals surface area contributed by atoms with E-state index >= 15 is 0 Å². The molecule has 5 heteroatoms. The molecule has 0 heterocycles. The Hall–Kier alpha value is 1.64. The molecule has 0 nitrogen and oxygen atoms in total. The minimum atomic E-state index is 0. The van der Waals surface area contributed by atoms with E-state index in [1.165, 1.54) is 0 Å². The summed E-state index contributed by atoms with van der Waals surface area (Å²) < 4.78 is 0. The maximum absolute atomic E-state index is 5.52. The second-order valence-corrected chi connectivity index (χ2v) is 1.65. The Balaban J connectivity index is -0.0000000612. The van der Waals surface area contributed by atoms with E-state index < -0.39 is 0 Å². The van der Waals surface area contributed by atoms with Crippen molar-refractivity contribution in [3.05, 3.63) is 35.4 Å². The molecule has 1 aromatic carbocycles. The minimum Gasteiger partial charge on any atom is -1.00 e. The van der Waals surface area contributed by atoms with Crippen LogP contribution in [0.4, 0.5) is 0 Å². The number of hydrogen-bond acceptors (Lipinski definition) is 0. The molecule has 0 aromatic heterocycles. The topological polar surface area (TPSA) is 0 Å². The van der Waals surface area contributed by atoms with Crippen molar-refractivity contribution in [3.8, 4) is 0 Å². The Morgan fingerprint density at radius 3 is 1.73 bits per heavy atom. The van der Waals surface area contributed by atoms with Crippen molar-refractivity contribution in [3.63, 3.8) is 0 Å². The van der Waals surface area contributed by atoms with E-state index in [-0.39, 0.29) is 71.3 Å². The Morgan fingerprint density at radius 2 is 1.55 bits per heavy atom. The van der Waals surface area contributed by atoms with E-state index in [0.29, 0.717) is 0 Å². The largest absolute Gasteiger partial charge is 2.00 e. The molecule has 0 N–H and O–H groups in total. The van der Waals surface area contributed by atoms with Crippen molar-refractivity contribution in [2.75, 3.05) is 0 Å². The third-order valence-electron chi connectivity index (χ3n) is 0.678. The van der Waals surface area contributed by atoms with E-state index in [2.05, 4.69) is 6.07 Å². The SMILES string of the molecule is Clc1cc[c-]cc1.[Br-].[Cl-].[Li+].[Mg+2]. The minimum absolute atomic E-state index is 0. The third kappa shape index (κ3) is 11.6. The van der Waals surface area contributed by atoms with Gasteiger partial charge in [-0.2, -0.15) is 30.3 Å². The summed E-state index contributed by atoms with van der Waals surface area (Å²) in [4.78, 5) is 0. The van der Waals surface area contributed by atoms with Gasteiger partial charge in [-0.3, -0.25) is 0 Å². The van der Waals surface area contributed by atoms with Gasteiger partial charge in [0.1, 0.15) is 0 Å². The molecule has 0 aliphatic rings. The zero-order valence-corrected chi connectivity index (χ0v) is 10.7. The molecule has 0 aliphatic heterocycles. The van der Waals surface area contributed by atoms with E-state index in [1.807, 2.05) is 0 Å². The molecule has 1 rings (SSSR count). The molecular weight excluding hydrogens is 254 g/mol. The molecule has 0 spiro atoms. The van der Waals surface area contributed by atoms with Crippen molar-refractivity contribution in [2.24, 2.45) is 0 Å². The number of hydrogen-bond donors (Lipinski definition) is 0. The van der Waals surface area contributed by atoms with Crippen LogP contribution >= 0.6 is 11.6 Å². The summed E-state index contributed by atoms with van der Waals surface area (Å²) in [5, 5.41) is 0.763. The number of benzene rings is 1. The Bertz CT molecular complexity index is 151. The van der Waals surface area contributed by atoms with E-state index in [9.17, 15) is 0 Å². The van der Waals surface area contributed by atoms with Crippen LogP contribution in [0.1, 0.15) is 0 Å². The van der Waals surface area contributed by atoms with Crippen LogP contribution in [0.25, 0.3) is 0 Å². The molecule has 0 unspecified atom stereocenters. The second-order valence-electron chi connectivity index (χ2n) is 1.22. The van der Waals surface area contributed by atoms with Crippen LogP contribution in [0.2, 0.25) is 5.02 Å². The predicted octanol–water partition coefficient (Wildman–Crippen LogP) is -7.23. The quantitative estimate of drug-likeness (QED) is 0.320. The zero-order chi connectivity index (χ0) is 5.11. The van der Waals surface area contributed by atoms with Crippen molar-refractivity contribution in [2.45, 2.75) is 0 Å². The summed E-state index contributed by atoms with van der Waals surface area (Å²) >= 11 is 5.52. The van der Waals surface area contributed by atoms with Crippen LogP contribution in [-0.4, -0.2) is 23.1 Å². The van der Waals surface area contributed by atoms with Gasteiger partial charge in [0.2, 0.25) is 0 Å². The van der Waals surface area contributed by atoms with Crippen molar-refractivity contribution in [1.82, 2.24) is 0 Å². The third-order valence-corrected chi connectivity index (χ3v) is 0.930. The standard InChI is InChI=1S/C6H4Cl.BrH.ClH.Li.Mg/c7-6-4-2-1-3-5-6;;;;/h2-5H;2*1H;;/q-1;;;+1;+2/p-2. The summed E-state index contributed by atoms with van der Waals surface area (Å²) in [5.74, 6) is 0. The summed E-state index contributed by atoms with van der Waals surface area (Å²) in [7, 11) is 0. The molecular formula is C6H4BrCl2LiMg. The number of halogens is 3. The maximum atomic E-state index is 5.52. The maximum Gasteiger partial charge on any atom is 2.00 e. The van der Waals surface area contributed by atoms with Crippen molar-refractivity contribution in [1.29, 1.82) is 0 Å². The summed E-state index contributed by atoms with van der Waals surface area (Å²) in [6.45, 7) is 0. The number of rotatable bonds is 0. The smallest absolute Gasteiger partial charge is 1.00 e. The normalized spacial score (nSPS) is 5.55. The predicted molar refractivity (Wildman–Crippen MR) is 36.0 cm³/mol. The average Bonchev–Trinajstić information content (AvgIpc) is 1.69.